The Bertz CT molecular complexity index is 288. The minimum absolute atomic E-state index is 0.405. The highest BCUT2D eigenvalue weighted by atomic mass is 35.5. The number of aromatic nitrogens is 1. The first-order chi connectivity index (χ1) is 6.13. The van der Waals surface area contributed by atoms with E-state index >= 15 is 0 Å². The average Bonchev–Trinajstić information content (AvgIpc) is 2.11. The van der Waals surface area contributed by atoms with Crippen LogP contribution in [-0.4, -0.2) is 11.5 Å². The summed E-state index contributed by atoms with van der Waals surface area (Å²) in [5.74, 6) is 0.951. The molecule has 1 rings (SSSR count). The maximum atomic E-state index is 5.79. The highest BCUT2D eigenvalue weighted by molar-refractivity contribution is 6.30. The van der Waals surface area contributed by atoms with Gasteiger partial charge in [-0.15, -0.1) is 0 Å². The average molecular weight is 200 g/mol. The SMILES string of the molecule is CC(CN)Cc1cc(Cl)cnc1N. The third-order valence-corrected chi connectivity index (χ3v) is 2.15. The summed E-state index contributed by atoms with van der Waals surface area (Å²) in [5.41, 5.74) is 12.2. The maximum absolute atomic E-state index is 5.79. The predicted octanol–water partition coefficient (Wildman–Crippen LogP) is 1.45. The number of halogens is 1. The maximum Gasteiger partial charge on any atom is 0.126 e. The summed E-state index contributed by atoms with van der Waals surface area (Å²) in [6.45, 7) is 2.71. The van der Waals surface area contributed by atoms with E-state index in [0.29, 0.717) is 23.3 Å². The van der Waals surface area contributed by atoms with Crippen molar-refractivity contribution in [3.8, 4) is 0 Å². The van der Waals surface area contributed by atoms with Gasteiger partial charge < -0.3 is 11.5 Å². The van der Waals surface area contributed by atoms with Gasteiger partial charge in [0.05, 0.1) is 5.02 Å². The molecule has 1 unspecified atom stereocenters. The predicted molar refractivity (Wildman–Crippen MR) is 55.6 cm³/mol. The van der Waals surface area contributed by atoms with Gasteiger partial charge in [-0.2, -0.15) is 0 Å². The fourth-order valence-corrected chi connectivity index (χ4v) is 1.29. The molecule has 72 valence electrons. The monoisotopic (exact) mass is 199 g/mol. The van der Waals surface area contributed by atoms with Crippen molar-refractivity contribution in [1.82, 2.24) is 4.98 Å². The molecule has 13 heavy (non-hydrogen) atoms. The zero-order valence-electron chi connectivity index (χ0n) is 7.63. The lowest BCUT2D eigenvalue weighted by molar-refractivity contribution is 0.593. The summed E-state index contributed by atoms with van der Waals surface area (Å²) in [7, 11) is 0. The summed E-state index contributed by atoms with van der Waals surface area (Å²) in [4.78, 5) is 3.97. The molecule has 0 spiro atoms. The second kappa shape index (κ2) is 4.44. The molecule has 0 aliphatic heterocycles. The molecule has 0 fully saturated rings. The van der Waals surface area contributed by atoms with E-state index in [1.807, 2.05) is 6.07 Å². The summed E-state index contributed by atoms with van der Waals surface area (Å²) < 4.78 is 0. The Labute approximate surface area is 83.1 Å². The Hall–Kier alpha value is -0.800. The van der Waals surface area contributed by atoms with Gasteiger partial charge in [-0.05, 0) is 30.5 Å². The standard InChI is InChI=1S/C9H14ClN3/c1-6(4-11)2-7-3-8(10)5-13-9(7)12/h3,5-6H,2,4,11H2,1H3,(H2,12,13). The number of nitrogens with two attached hydrogens (primary N) is 2. The first kappa shape index (κ1) is 10.3. The second-order valence-electron chi connectivity index (χ2n) is 3.24. The topological polar surface area (TPSA) is 64.9 Å². The summed E-state index contributed by atoms with van der Waals surface area (Å²) in [5, 5.41) is 0.619. The van der Waals surface area contributed by atoms with Crippen molar-refractivity contribution in [2.45, 2.75) is 13.3 Å². The van der Waals surface area contributed by atoms with E-state index < -0.39 is 0 Å². The number of hydrogen-bond donors (Lipinski definition) is 2. The third kappa shape index (κ3) is 2.86. The van der Waals surface area contributed by atoms with Crippen molar-refractivity contribution in [3.63, 3.8) is 0 Å². The first-order valence-corrected chi connectivity index (χ1v) is 4.61. The van der Waals surface area contributed by atoms with Gasteiger partial charge in [-0.1, -0.05) is 18.5 Å². The highest BCUT2D eigenvalue weighted by Gasteiger charge is 2.06. The number of anilines is 1. The van der Waals surface area contributed by atoms with Crippen LogP contribution in [0.2, 0.25) is 5.02 Å². The second-order valence-corrected chi connectivity index (χ2v) is 3.68. The minimum atomic E-state index is 0.405. The lowest BCUT2D eigenvalue weighted by atomic mass is 10.0. The van der Waals surface area contributed by atoms with Crippen LogP contribution in [0.15, 0.2) is 12.3 Å². The van der Waals surface area contributed by atoms with Gasteiger partial charge in [-0.25, -0.2) is 4.98 Å². The van der Waals surface area contributed by atoms with Gasteiger partial charge in [0.25, 0.3) is 0 Å². The molecule has 0 radical (unpaired) electrons. The fraction of sp³-hybridized carbons (Fsp3) is 0.444. The van der Waals surface area contributed by atoms with Crippen molar-refractivity contribution in [2.24, 2.45) is 11.7 Å². The fourth-order valence-electron chi connectivity index (χ4n) is 1.11. The number of nitrogen functional groups attached to an aromatic ring is 1. The Morgan fingerprint density at radius 3 is 2.92 bits per heavy atom. The molecule has 0 aliphatic rings. The minimum Gasteiger partial charge on any atom is -0.383 e. The van der Waals surface area contributed by atoms with Crippen LogP contribution < -0.4 is 11.5 Å². The van der Waals surface area contributed by atoms with Gasteiger partial charge in [-0.3, -0.25) is 0 Å². The summed E-state index contributed by atoms with van der Waals surface area (Å²) in [6.07, 6.45) is 2.38. The molecule has 0 saturated carbocycles. The molecule has 3 nitrogen and oxygen atoms in total. The summed E-state index contributed by atoms with van der Waals surface area (Å²) >= 11 is 5.79. The highest BCUT2D eigenvalue weighted by Crippen LogP contribution is 2.17. The van der Waals surface area contributed by atoms with Gasteiger partial charge in [0.1, 0.15) is 5.82 Å². The molecule has 1 heterocycles. The van der Waals surface area contributed by atoms with Crippen LogP contribution >= 0.6 is 11.6 Å². The van der Waals surface area contributed by atoms with E-state index in [2.05, 4.69) is 11.9 Å². The van der Waals surface area contributed by atoms with Crippen LogP contribution in [0, 0.1) is 5.92 Å². The Morgan fingerprint density at radius 1 is 1.62 bits per heavy atom. The molecule has 4 heteroatoms. The molecule has 0 aromatic carbocycles. The van der Waals surface area contributed by atoms with E-state index in [1.54, 1.807) is 6.20 Å². The molecular formula is C9H14ClN3. The molecule has 4 N–H and O–H groups in total. The van der Waals surface area contributed by atoms with Gasteiger partial charge >= 0.3 is 0 Å². The molecule has 1 aromatic rings. The molecule has 1 atom stereocenters. The van der Waals surface area contributed by atoms with Crippen molar-refractivity contribution in [1.29, 1.82) is 0 Å². The summed E-state index contributed by atoms with van der Waals surface area (Å²) in [6, 6.07) is 1.84. The molecular weight excluding hydrogens is 186 g/mol. The molecule has 0 aliphatic carbocycles. The first-order valence-electron chi connectivity index (χ1n) is 4.23. The van der Waals surface area contributed by atoms with Crippen LogP contribution in [0.4, 0.5) is 5.82 Å². The van der Waals surface area contributed by atoms with Gasteiger partial charge in [0.15, 0.2) is 0 Å². The Morgan fingerprint density at radius 2 is 2.31 bits per heavy atom. The normalized spacial score (nSPS) is 12.8. The third-order valence-electron chi connectivity index (χ3n) is 1.94. The van der Waals surface area contributed by atoms with Crippen LogP contribution in [0.3, 0.4) is 0 Å². The lowest BCUT2D eigenvalue weighted by Gasteiger charge is -2.09. The largest absolute Gasteiger partial charge is 0.383 e. The van der Waals surface area contributed by atoms with Gasteiger partial charge in [0.2, 0.25) is 0 Å². The number of rotatable bonds is 3. The lowest BCUT2D eigenvalue weighted by Crippen LogP contribution is -2.14. The number of hydrogen-bond acceptors (Lipinski definition) is 3. The number of pyridine rings is 1. The molecule has 0 saturated heterocycles. The van der Waals surface area contributed by atoms with E-state index in [0.717, 1.165) is 12.0 Å². The smallest absolute Gasteiger partial charge is 0.126 e. The zero-order chi connectivity index (χ0) is 9.84. The Balaban J connectivity index is 2.81. The van der Waals surface area contributed by atoms with Crippen molar-refractivity contribution in [3.05, 3.63) is 22.8 Å². The van der Waals surface area contributed by atoms with E-state index in [9.17, 15) is 0 Å². The van der Waals surface area contributed by atoms with E-state index in [4.69, 9.17) is 23.1 Å². The molecule has 0 bridgehead atoms. The Kier molecular flexibility index (Phi) is 3.51. The van der Waals surface area contributed by atoms with Crippen molar-refractivity contribution in [2.75, 3.05) is 12.3 Å². The van der Waals surface area contributed by atoms with Crippen LogP contribution in [0.1, 0.15) is 12.5 Å². The van der Waals surface area contributed by atoms with E-state index in [1.165, 1.54) is 0 Å². The molecule has 0 amide bonds. The van der Waals surface area contributed by atoms with Crippen LogP contribution in [0.5, 0.6) is 0 Å². The zero-order valence-corrected chi connectivity index (χ0v) is 8.38. The van der Waals surface area contributed by atoms with Crippen LogP contribution in [-0.2, 0) is 6.42 Å². The quantitative estimate of drug-likeness (QED) is 0.775. The van der Waals surface area contributed by atoms with Gasteiger partial charge in [0, 0.05) is 6.20 Å². The van der Waals surface area contributed by atoms with E-state index in [-0.39, 0.29) is 0 Å². The number of nitrogens with zero attached hydrogens (tertiary/aromatic N) is 1. The van der Waals surface area contributed by atoms with Crippen LogP contribution in [0.25, 0.3) is 0 Å². The van der Waals surface area contributed by atoms with Crippen molar-refractivity contribution >= 4 is 17.4 Å². The van der Waals surface area contributed by atoms with Crippen molar-refractivity contribution < 1.29 is 0 Å². The molecule has 1 aromatic heterocycles.